The highest BCUT2D eigenvalue weighted by molar-refractivity contribution is 6.36. The summed E-state index contributed by atoms with van der Waals surface area (Å²) >= 11 is 6.63. The predicted molar refractivity (Wildman–Crippen MR) is 194 cm³/mol. The minimum Gasteiger partial charge on any atom is -0.461 e. The molecule has 4 aliphatic rings. The Balaban J connectivity index is 0.970. The SMILES string of the molecule is CN(CC1CN(C(=O)/C=C/c2nc(C3COC3)no2)C1)c1nc(OCC23CCCN2CCC3)nc2c(F)c(-c3cccc4cccc(Cl)c34)ncc12. The number of aromatic nitrogens is 5. The lowest BCUT2D eigenvalue weighted by Gasteiger charge is -2.40. The zero-order valence-electron chi connectivity index (χ0n) is 28.8. The largest absolute Gasteiger partial charge is 0.461 e. The topological polar surface area (TPSA) is 123 Å². The standard InChI is InChI=1S/C38H38ClFN8O4/c1-46(17-23-18-47(19-23)30(49)11-10-29-42-35(45-52-29)25-20-50-21-25)36-27-16-41-33(26-8-2-6-24-7-3-9-28(39)31(24)26)32(40)34(27)43-37(44-36)51-22-38-12-4-14-48(38)15-5-13-38/h2-3,6-11,16,23,25H,4-5,12-15,17-22H2,1H3/b11-10+. The van der Waals surface area contributed by atoms with Crippen LogP contribution in [0, 0.1) is 11.7 Å². The summed E-state index contributed by atoms with van der Waals surface area (Å²) in [5.74, 6) is 1.04. The number of fused-ring (bicyclic) bond motifs is 3. The first-order chi connectivity index (χ1) is 25.3. The Labute approximate surface area is 304 Å². The Kier molecular flexibility index (Phi) is 8.51. The van der Waals surface area contributed by atoms with Crippen LogP contribution in [0.3, 0.4) is 0 Å². The molecule has 1 amide bonds. The van der Waals surface area contributed by atoms with E-state index in [2.05, 4.69) is 25.0 Å². The average molecular weight is 725 g/mol. The van der Waals surface area contributed by atoms with Gasteiger partial charge in [0.25, 0.3) is 5.89 Å². The van der Waals surface area contributed by atoms with Gasteiger partial charge in [0, 0.05) is 66.9 Å². The van der Waals surface area contributed by atoms with Crippen molar-refractivity contribution in [3.05, 3.63) is 71.2 Å². The third kappa shape index (κ3) is 5.94. The number of rotatable bonds is 10. The second-order valence-corrected chi connectivity index (χ2v) is 14.8. The second kappa shape index (κ2) is 13.4. The summed E-state index contributed by atoms with van der Waals surface area (Å²) in [6, 6.07) is 11.4. The lowest BCUT2D eigenvalue weighted by atomic mass is 9.95. The molecule has 52 heavy (non-hydrogen) atoms. The summed E-state index contributed by atoms with van der Waals surface area (Å²) in [5.41, 5.74) is 0.860. The molecule has 9 rings (SSSR count). The molecule has 3 aromatic heterocycles. The third-order valence-corrected chi connectivity index (χ3v) is 11.3. The van der Waals surface area contributed by atoms with Crippen LogP contribution in [0.15, 0.2) is 53.2 Å². The maximum atomic E-state index is 16.8. The number of ether oxygens (including phenoxy) is 2. The summed E-state index contributed by atoms with van der Waals surface area (Å²) in [6.45, 7) is 5.45. The van der Waals surface area contributed by atoms with E-state index in [4.69, 9.17) is 30.6 Å². The van der Waals surface area contributed by atoms with Gasteiger partial charge in [0.15, 0.2) is 11.6 Å². The van der Waals surface area contributed by atoms with Crippen LogP contribution in [0.2, 0.25) is 5.02 Å². The molecule has 0 saturated carbocycles. The third-order valence-electron chi connectivity index (χ3n) is 11.0. The molecule has 0 bridgehead atoms. The number of anilines is 1. The smallest absolute Gasteiger partial charge is 0.319 e. The van der Waals surface area contributed by atoms with Crippen LogP contribution in [0.25, 0.3) is 39.0 Å². The van der Waals surface area contributed by atoms with Gasteiger partial charge in [0.2, 0.25) is 5.91 Å². The minimum atomic E-state index is -0.560. The van der Waals surface area contributed by atoms with E-state index < -0.39 is 5.82 Å². The van der Waals surface area contributed by atoms with Crippen molar-refractivity contribution in [1.29, 1.82) is 0 Å². The van der Waals surface area contributed by atoms with E-state index in [-0.39, 0.29) is 40.5 Å². The minimum absolute atomic E-state index is 0.0280. The van der Waals surface area contributed by atoms with E-state index in [0.717, 1.165) is 49.5 Å². The van der Waals surface area contributed by atoms with Crippen molar-refractivity contribution in [3.63, 3.8) is 0 Å². The number of pyridine rings is 1. The van der Waals surface area contributed by atoms with Crippen molar-refractivity contribution in [1.82, 2.24) is 34.9 Å². The zero-order chi connectivity index (χ0) is 35.4. The van der Waals surface area contributed by atoms with Crippen LogP contribution in [0.1, 0.15) is 43.3 Å². The number of benzene rings is 2. The molecule has 0 radical (unpaired) electrons. The van der Waals surface area contributed by atoms with Crippen LogP contribution >= 0.6 is 11.6 Å². The molecule has 0 unspecified atom stereocenters. The molecule has 4 fully saturated rings. The number of halogens is 2. The Bertz CT molecular complexity index is 2190. The summed E-state index contributed by atoms with van der Waals surface area (Å²) < 4.78 is 33.6. The number of carbonyl (C=O) groups excluding carboxylic acids is 1. The van der Waals surface area contributed by atoms with Gasteiger partial charge in [-0.15, -0.1) is 0 Å². The van der Waals surface area contributed by atoms with E-state index in [1.54, 1.807) is 23.2 Å². The van der Waals surface area contributed by atoms with E-state index >= 15 is 4.39 Å². The maximum absolute atomic E-state index is 16.8. The number of hydrogen-bond donors (Lipinski definition) is 0. The molecule has 0 atom stereocenters. The van der Waals surface area contributed by atoms with Gasteiger partial charge in [-0.25, -0.2) is 4.39 Å². The summed E-state index contributed by atoms with van der Waals surface area (Å²) in [7, 11) is 1.92. The second-order valence-electron chi connectivity index (χ2n) is 14.4. The van der Waals surface area contributed by atoms with Crippen LogP contribution < -0.4 is 9.64 Å². The number of nitrogens with zero attached hydrogens (tertiary/aromatic N) is 8. The molecule has 0 aliphatic carbocycles. The van der Waals surface area contributed by atoms with E-state index in [9.17, 15) is 4.79 Å². The Morgan fingerprint density at radius 2 is 1.90 bits per heavy atom. The first kappa shape index (κ1) is 33.1. The zero-order valence-corrected chi connectivity index (χ0v) is 29.6. The molecule has 0 N–H and O–H groups in total. The van der Waals surface area contributed by atoms with Gasteiger partial charge in [-0.05, 0) is 50.2 Å². The van der Waals surface area contributed by atoms with Gasteiger partial charge in [-0.2, -0.15) is 15.0 Å². The van der Waals surface area contributed by atoms with E-state index in [1.165, 1.54) is 6.08 Å². The Morgan fingerprint density at radius 1 is 1.12 bits per heavy atom. The van der Waals surface area contributed by atoms with Gasteiger partial charge in [-0.3, -0.25) is 14.7 Å². The first-order valence-corrected chi connectivity index (χ1v) is 18.2. The summed E-state index contributed by atoms with van der Waals surface area (Å²) in [4.78, 5) is 37.7. The molecule has 268 valence electrons. The first-order valence-electron chi connectivity index (χ1n) is 17.9. The predicted octanol–water partition coefficient (Wildman–Crippen LogP) is 5.75. The highest BCUT2D eigenvalue weighted by Crippen LogP contribution is 2.40. The molecule has 14 heteroatoms. The molecular weight excluding hydrogens is 687 g/mol. The van der Waals surface area contributed by atoms with Crippen molar-refractivity contribution in [2.24, 2.45) is 5.92 Å². The van der Waals surface area contributed by atoms with Crippen LogP contribution in [-0.2, 0) is 9.53 Å². The van der Waals surface area contributed by atoms with Crippen LogP contribution in [0.5, 0.6) is 6.01 Å². The Morgan fingerprint density at radius 3 is 2.67 bits per heavy atom. The maximum Gasteiger partial charge on any atom is 0.319 e. The summed E-state index contributed by atoms with van der Waals surface area (Å²) in [5, 5.41) is 6.60. The number of hydrogen-bond acceptors (Lipinski definition) is 11. The number of carbonyl (C=O) groups is 1. The molecule has 12 nitrogen and oxygen atoms in total. The molecule has 7 heterocycles. The average Bonchev–Trinajstić information content (AvgIpc) is 3.84. The van der Waals surface area contributed by atoms with Crippen molar-refractivity contribution in [3.8, 4) is 17.3 Å². The molecule has 4 saturated heterocycles. The lowest BCUT2D eigenvalue weighted by Crippen LogP contribution is -2.53. The van der Waals surface area contributed by atoms with Gasteiger partial charge in [0.05, 0.1) is 30.1 Å². The lowest BCUT2D eigenvalue weighted by molar-refractivity contribution is -0.131. The van der Waals surface area contributed by atoms with Crippen molar-refractivity contribution in [2.75, 3.05) is 64.5 Å². The fourth-order valence-electron chi connectivity index (χ4n) is 8.17. The van der Waals surface area contributed by atoms with E-state index in [0.29, 0.717) is 73.0 Å². The molecular formula is C38H38ClFN8O4. The van der Waals surface area contributed by atoms with E-state index in [1.807, 2.05) is 42.3 Å². The van der Waals surface area contributed by atoms with Crippen molar-refractivity contribution in [2.45, 2.75) is 37.1 Å². The monoisotopic (exact) mass is 724 g/mol. The highest BCUT2D eigenvalue weighted by Gasteiger charge is 2.45. The van der Waals surface area contributed by atoms with Crippen molar-refractivity contribution >= 4 is 51.1 Å². The van der Waals surface area contributed by atoms with Crippen LogP contribution in [0.4, 0.5) is 10.2 Å². The highest BCUT2D eigenvalue weighted by atomic mass is 35.5. The van der Waals surface area contributed by atoms with Crippen LogP contribution in [-0.4, -0.2) is 106 Å². The summed E-state index contributed by atoms with van der Waals surface area (Å²) in [6.07, 6.45) is 9.04. The normalized spacial score (nSPS) is 19.0. The molecule has 2 aromatic carbocycles. The van der Waals surface area contributed by atoms with Crippen molar-refractivity contribution < 1.29 is 23.2 Å². The number of likely N-dealkylation sites (tertiary alicyclic amines) is 1. The molecule has 5 aromatic rings. The van der Waals surface area contributed by atoms with Gasteiger partial charge < -0.3 is 23.8 Å². The van der Waals surface area contributed by atoms with Gasteiger partial charge in [-0.1, -0.05) is 47.1 Å². The Hall–Kier alpha value is -4.72. The number of amides is 1. The molecule has 0 spiro atoms. The molecule has 4 aliphatic heterocycles. The fourth-order valence-corrected chi connectivity index (χ4v) is 8.45. The quantitative estimate of drug-likeness (QED) is 0.164. The van der Waals surface area contributed by atoms with Gasteiger partial charge in [0.1, 0.15) is 23.6 Å². The fraction of sp³-hybridized carbons (Fsp3) is 0.421. The van der Waals surface area contributed by atoms with Gasteiger partial charge >= 0.3 is 6.01 Å².